The van der Waals surface area contributed by atoms with Gasteiger partial charge in [0.05, 0.1) is 24.8 Å². The van der Waals surface area contributed by atoms with E-state index in [1.807, 2.05) is 0 Å². The van der Waals surface area contributed by atoms with Crippen LogP contribution in [-0.4, -0.2) is 68.8 Å². The van der Waals surface area contributed by atoms with Crippen LogP contribution in [0.4, 0.5) is 9.18 Å². The van der Waals surface area contributed by atoms with Crippen molar-refractivity contribution < 1.29 is 33.7 Å². The Balaban J connectivity index is 1.53. The molecule has 13 heteroatoms. The SMILES string of the molecule is CC(C)(C)OC(=O)NCCOc1ccc(C(=O)N[C@@H]2C[C@H](n3cc(F)c(=O)[nH]c3=O)[C@@H](O)[C@H]2O)cc1. The van der Waals surface area contributed by atoms with Crippen LogP contribution in [0.3, 0.4) is 0 Å². The van der Waals surface area contributed by atoms with Gasteiger partial charge in [-0.2, -0.15) is 4.39 Å². The van der Waals surface area contributed by atoms with Gasteiger partial charge in [0.25, 0.3) is 11.5 Å². The highest BCUT2D eigenvalue weighted by Gasteiger charge is 2.43. The van der Waals surface area contributed by atoms with Gasteiger partial charge in [-0.05, 0) is 51.5 Å². The monoisotopic (exact) mass is 508 g/mol. The van der Waals surface area contributed by atoms with Crippen molar-refractivity contribution >= 4 is 12.0 Å². The summed E-state index contributed by atoms with van der Waals surface area (Å²) >= 11 is 0. The summed E-state index contributed by atoms with van der Waals surface area (Å²) in [6.45, 7) is 5.64. The summed E-state index contributed by atoms with van der Waals surface area (Å²) in [5, 5.41) is 25.9. The average molecular weight is 509 g/mol. The Labute approximate surface area is 205 Å². The number of H-pyrrole nitrogens is 1. The van der Waals surface area contributed by atoms with Gasteiger partial charge in [-0.3, -0.25) is 19.1 Å². The van der Waals surface area contributed by atoms with Gasteiger partial charge < -0.3 is 30.3 Å². The van der Waals surface area contributed by atoms with Crippen LogP contribution in [0.25, 0.3) is 0 Å². The number of aliphatic hydroxyl groups is 2. The molecule has 0 spiro atoms. The van der Waals surface area contributed by atoms with Crippen LogP contribution < -0.4 is 26.6 Å². The molecule has 0 bridgehead atoms. The van der Waals surface area contributed by atoms with E-state index in [2.05, 4.69) is 10.6 Å². The second kappa shape index (κ2) is 10.9. The van der Waals surface area contributed by atoms with Crippen LogP contribution in [0, 0.1) is 5.82 Å². The Kier molecular flexibility index (Phi) is 8.15. The lowest BCUT2D eigenvalue weighted by Crippen LogP contribution is -2.43. The third-order valence-corrected chi connectivity index (χ3v) is 5.41. The smallest absolute Gasteiger partial charge is 0.407 e. The lowest BCUT2D eigenvalue weighted by Gasteiger charge is -2.19. The number of aromatic nitrogens is 2. The molecule has 0 aliphatic heterocycles. The van der Waals surface area contributed by atoms with Crippen molar-refractivity contribution in [3.63, 3.8) is 0 Å². The summed E-state index contributed by atoms with van der Waals surface area (Å²) in [5.74, 6) is -1.31. The van der Waals surface area contributed by atoms with E-state index in [0.29, 0.717) is 11.9 Å². The molecule has 0 unspecified atom stereocenters. The third-order valence-electron chi connectivity index (χ3n) is 5.41. The average Bonchev–Trinajstić information content (AvgIpc) is 3.06. The molecule has 1 heterocycles. The van der Waals surface area contributed by atoms with Crippen LogP contribution >= 0.6 is 0 Å². The van der Waals surface area contributed by atoms with Gasteiger partial charge in [-0.25, -0.2) is 9.59 Å². The fourth-order valence-corrected chi connectivity index (χ4v) is 3.72. The van der Waals surface area contributed by atoms with Crippen LogP contribution in [-0.2, 0) is 4.74 Å². The van der Waals surface area contributed by atoms with Crippen molar-refractivity contribution in [1.29, 1.82) is 0 Å². The number of rotatable bonds is 7. The summed E-state index contributed by atoms with van der Waals surface area (Å²) in [5.41, 5.74) is -2.50. The first-order chi connectivity index (χ1) is 16.9. The van der Waals surface area contributed by atoms with E-state index in [-0.39, 0.29) is 25.1 Å². The Bertz CT molecular complexity index is 1200. The van der Waals surface area contributed by atoms with Gasteiger partial charge in [0.15, 0.2) is 0 Å². The Morgan fingerprint density at radius 2 is 1.83 bits per heavy atom. The van der Waals surface area contributed by atoms with E-state index < -0.39 is 59.0 Å². The number of alkyl carbamates (subject to hydrolysis) is 1. The Morgan fingerprint density at radius 3 is 2.47 bits per heavy atom. The molecule has 1 fully saturated rings. The number of nitrogens with zero attached hydrogens (tertiary/aromatic N) is 1. The number of carbonyl (C=O) groups is 2. The van der Waals surface area contributed by atoms with E-state index in [4.69, 9.17) is 9.47 Å². The zero-order chi connectivity index (χ0) is 26.6. The number of hydrogen-bond acceptors (Lipinski definition) is 8. The maximum absolute atomic E-state index is 13.6. The maximum atomic E-state index is 13.6. The standard InChI is InChI=1S/C23H29FN4O8/c1-23(2,3)36-22(34)25-8-9-35-13-6-4-12(5-7-13)19(31)26-15-10-16(18(30)17(15)29)28-11-14(24)20(32)27-21(28)33/h4-7,11,15-18,29-30H,8-10H2,1-3H3,(H,25,34)(H,26,31)(H,27,32,33)/t15-,16+,17+,18-/m1/s1. The van der Waals surface area contributed by atoms with Gasteiger partial charge in [-0.15, -0.1) is 0 Å². The van der Waals surface area contributed by atoms with Gasteiger partial charge >= 0.3 is 11.8 Å². The molecule has 1 aliphatic carbocycles. The summed E-state index contributed by atoms with van der Waals surface area (Å²) in [4.78, 5) is 49.3. The van der Waals surface area contributed by atoms with E-state index in [1.54, 1.807) is 37.9 Å². The van der Waals surface area contributed by atoms with E-state index >= 15 is 0 Å². The topological polar surface area (TPSA) is 172 Å². The Morgan fingerprint density at radius 1 is 1.17 bits per heavy atom. The maximum Gasteiger partial charge on any atom is 0.407 e. The van der Waals surface area contributed by atoms with Crippen molar-refractivity contribution in [3.05, 3.63) is 62.7 Å². The fourth-order valence-electron chi connectivity index (χ4n) is 3.72. The molecular formula is C23H29FN4O8. The zero-order valence-electron chi connectivity index (χ0n) is 20.0. The second-order valence-corrected chi connectivity index (χ2v) is 9.31. The number of aromatic amines is 1. The molecular weight excluding hydrogens is 479 g/mol. The normalized spacial score (nSPS) is 21.6. The quantitative estimate of drug-likeness (QED) is 0.326. The molecule has 1 saturated carbocycles. The summed E-state index contributed by atoms with van der Waals surface area (Å²) in [7, 11) is 0. The molecule has 1 aromatic carbocycles. The predicted octanol–water partition coefficient (Wildman–Crippen LogP) is 0.0444. The third kappa shape index (κ3) is 6.70. The van der Waals surface area contributed by atoms with Crippen molar-refractivity contribution in [3.8, 4) is 5.75 Å². The molecule has 2 amide bonds. The van der Waals surface area contributed by atoms with Crippen LogP contribution in [0.2, 0.25) is 0 Å². The lowest BCUT2D eigenvalue weighted by atomic mass is 10.1. The van der Waals surface area contributed by atoms with E-state index in [1.165, 1.54) is 12.1 Å². The highest BCUT2D eigenvalue weighted by atomic mass is 19.1. The van der Waals surface area contributed by atoms with Crippen molar-refractivity contribution in [1.82, 2.24) is 20.2 Å². The Hall–Kier alpha value is -3.71. The molecule has 2 aromatic rings. The molecule has 1 aromatic heterocycles. The number of ether oxygens (including phenoxy) is 2. The summed E-state index contributed by atoms with van der Waals surface area (Å²) in [6.07, 6.45) is -2.89. The molecule has 3 rings (SSSR count). The summed E-state index contributed by atoms with van der Waals surface area (Å²) in [6, 6.07) is 4.08. The molecule has 196 valence electrons. The minimum atomic E-state index is -1.48. The van der Waals surface area contributed by atoms with Crippen LogP contribution in [0.5, 0.6) is 5.75 Å². The molecule has 36 heavy (non-hydrogen) atoms. The number of carbonyl (C=O) groups excluding carboxylic acids is 2. The highest BCUT2D eigenvalue weighted by Crippen LogP contribution is 2.30. The lowest BCUT2D eigenvalue weighted by molar-refractivity contribution is 0.0129. The van der Waals surface area contributed by atoms with Gasteiger partial charge in [0.2, 0.25) is 5.82 Å². The number of hydrogen-bond donors (Lipinski definition) is 5. The predicted molar refractivity (Wildman–Crippen MR) is 124 cm³/mol. The zero-order valence-corrected chi connectivity index (χ0v) is 20.0. The molecule has 0 radical (unpaired) electrons. The minimum absolute atomic E-state index is 0.0781. The number of nitrogens with one attached hydrogen (secondary N) is 3. The van der Waals surface area contributed by atoms with Gasteiger partial charge in [0.1, 0.15) is 30.2 Å². The van der Waals surface area contributed by atoms with Gasteiger partial charge in [-0.1, -0.05) is 0 Å². The first-order valence-corrected chi connectivity index (χ1v) is 11.2. The number of aliphatic hydroxyl groups excluding tert-OH is 2. The van der Waals surface area contributed by atoms with Gasteiger partial charge in [0, 0.05) is 5.56 Å². The summed E-state index contributed by atoms with van der Waals surface area (Å²) < 4.78 is 25.1. The number of benzene rings is 1. The first kappa shape index (κ1) is 26.9. The molecule has 1 aliphatic rings. The molecule has 4 atom stereocenters. The molecule has 12 nitrogen and oxygen atoms in total. The van der Waals surface area contributed by atoms with E-state index in [0.717, 1.165) is 4.57 Å². The van der Waals surface area contributed by atoms with Crippen molar-refractivity contribution in [2.24, 2.45) is 0 Å². The van der Waals surface area contributed by atoms with Crippen LogP contribution in [0.1, 0.15) is 43.6 Å². The molecule has 5 N–H and O–H groups in total. The largest absolute Gasteiger partial charge is 0.492 e. The minimum Gasteiger partial charge on any atom is -0.492 e. The van der Waals surface area contributed by atoms with Crippen molar-refractivity contribution in [2.75, 3.05) is 13.2 Å². The second-order valence-electron chi connectivity index (χ2n) is 9.31. The molecule has 0 saturated heterocycles. The number of amides is 2. The first-order valence-electron chi connectivity index (χ1n) is 11.2. The van der Waals surface area contributed by atoms with Crippen molar-refractivity contribution in [2.45, 2.75) is 57.1 Å². The van der Waals surface area contributed by atoms with Crippen LogP contribution in [0.15, 0.2) is 40.1 Å². The highest BCUT2D eigenvalue weighted by molar-refractivity contribution is 5.94. The fraction of sp³-hybridized carbons (Fsp3) is 0.478. The number of halogens is 1. The van der Waals surface area contributed by atoms with E-state index in [9.17, 15) is 33.8 Å².